The van der Waals surface area contributed by atoms with Crippen molar-refractivity contribution in [3.63, 3.8) is 0 Å². The van der Waals surface area contributed by atoms with E-state index in [1.807, 2.05) is 54.5 Å². The van der Waals surface area contributed by atoms with Crippen molar-refractivity contribution in [1.82, 2.24) is 39.3 Å². The van der Waals surface area contributed by atoms with Crippen molar-refractivity contribution in [1.29, 1.82) is 0 Å². The predicted molar refractivity (Wildman–Crippen MR) is 216 cm³/mol. The van der Waals surface area contributed by atoms with E-state index >= 15 is 0 Å². The lowest BCUT2D eigenvalue weighted by Gasteiger charge is -2.38. The molecule has 10 rings (SSSR count). The maximum atomic E-state index is 12.0. The second kappa shape index (κ2) is 14.6. The van der Waals surface area contributed by atoms with Crippen LogP contribution >= 0.6 is 0 Å². The largest absolute Gasteiger partial charge is 0.347 e. The SMILES string of the molecule is Cn1ncc(-c2ccnc(CC3CCC(N)CC3)n2)c1CC1CC1.NC1(c2ccc(-c3nc4ccn5c(=O)[nH]nc5c4cc3-c3ccccc3)cc2)CCC1. The molecule has 3 fully saturated rings. The number of nitrogens with two attached hydrogens (primary N) is 2. The maximum absolute atomic E-state index is 12.0. The highest BCUT2D eigenvalue weighted by Crippen LogP contribution is 2.40. The average Bonchev–Trinajstić information content (AvgIpc) is 3.85. The van der Waals surface area contributed by atoms with Crippen LogP contribution in [0.2, 0.25) is 0 Å². The Bertz CT molecular complexity index is 2500. The number of H-pyrrole nitrogens is 1. The number of aromatic nitrogens is 8. The van der Waals surface area contributed by atoms with Crippen molar-refractivity contribution in [2.75, 3.05) is 0 Å². The van der Waals surface area contributed by atoms with Crippen LogP contribution in [0.5, 0.6) is 0 Å². The molecule has 3 saturated carbocycles. The third-order valence-electron chi connectivity index (χ3n) is 12.0. The molecule has 3 aliphatic carbocycles. The van der Waals surface area contributed by atoms with Crippen molar-refractivity contribution >= 4 is 16.6 Å². The van der Waals surface area contributed by atoms with Gasteiger partial charge in [-0.2, -0.15) is 10.2 Å². The van der Waals surface area contributed by atoms with Crippen molar-refractivity contribution in [3.8, 4) is 33.6 Å². The summed E-state index contributed by atoms with van der Waals surface area (Å²) >= 11 is 0. The van der Waals surface area contributed by atoms with Gasteiger partial charge in [-0.05, 0) is 105 Å². The summed E-state index contributed by atoms with van der Waals surface area (Å²) in [7, 11) is 2.04. The number of pyridine rings is 2. The van der Waals surface area contributed by atoms with Gasteiger partial charge in [0.25, 0.3) is 0 Å². The molecule has 7 aromatic rings. The predicted octanol–water partition coefficient (Wildman–Crippen LogP) is 7.13. The third kappa shape index (κ3) is 7.22. The van der Waals surface area contributed by atoms with Crippen LogP contribution in [0.3, 0.4) is 0 Å². The van der Waals surface area contributed by atoms with Crippen LogP contribution in [0.4, 0.5) is 0 Å². The van der Waals surface area contributed by atoms with Gasteiger partial charge >= 0.3 is 5.69 Å². The number of hydrogen-bond acceptors (Lipinski definition) is 8. The molecule has 0 aliphatic heterocycles. The Morgan fingerprint density at radius 2 is 1.60 bits per heavy atom. The number of aryl methyl sites for hydroxylation is 1. The van der Waals surface area contributed by atoms with Gasteiger partial charge in [-0.1, -0.05) is 54.6 Å². The van der Waals surface area contributed by atoms with Gasteiger partial charge in [0.2, 0.25) is 0 Å². The van der Waals surface area contributed by atoms with Gasteiger partial charge in [0.15, 0.2) is 5.65 Å². The highest BCUT2D eigenvalue weighted by molar-refractivity contribution is 5.98. The van der Waals surface area contributed by atoms with Crippen LogP contribution in [0, 0.1) is 11.8 Å². The summed E-state index contributed by atoms with van der Waals surface area (Å²) in [6.07, 6.45) is 18.3. The summed E-state index contributed by atoms with van der Waals surface area (Å²) < 4.78 is 3.52. The van der Waals surface area contributed by atoms with Crippen LogP contribution < -0.4 is 17.2 Å². The van der Waals surface area contributed by atoms with Crippen molar-refractivity contribution in [2.45, 2.75) is 82.2 Å². The number of benzene rings is 2. The van der Waals surface area contributed by atoms with E-state index in [0.29, 0.717) is 17.6 Å². The van der Waals surface area contributed by atoms with E-state index in [1.165, 1.54) is 53.3 Å². The lowest BCUT2D eigenvalue weighted by atomic mass is 9.72. The molecule has 2 aromatic carbocycles. The summed E-state index contributed by atoms with van der Waals surface area (Å²) in [5, 5.41) is 12.0. The lowest BCUT2D eigenvalue weighted by Crippen LogP contribution is -2.43. The molecule has 0 radical (unpaired) electrons. The van der Waals surface area contributed by atoms with Crippen LogP contribution in [0.25, 0.3) is 50.2 Å². The zero-order valence-electron chi connectivity index (χ0n) is 31.4. The van der Waals surface area contributed by atoms with Gasteiger partial charge in [0, 0.05) is 65.2 Å². The molecule has 0 saturated heterocycles. The lowest BCUT2D eigenvalue weighted by molar-refractivity contribution is 0.253. The minimum Gasteiger partial charge on any atom is -0.328 e. The van der Waals surface area contributed by atoms with Crippen LogP contribution in [-0.4, -0.2) is 45.4 Å². The highest BCUT2D eigenvalue weighted by atomic mass is 16.1. The molecule has 280 valence electrons. The van der Waals surface area contributed by atoms with Gasteiger partial charge in [-0.3, -0.25) is 4.68 Å². The number of fused-ring (bicyclic) bond motifs is 3. The first kappa shape index (κ1) is 35.2. The van der Waals surface area contributed by atoms with Gasteiger partial charge < -0.3 is 11.5 Å². The Balaban J connectivity index is 0.000000149. The Kier molecular flexibility index (Phi) is 9.35. The van der Waals surface area contributed by atoms with Crippen molar-refractivity contribution in [3.05, 3.63) is 119 Å². The first-order valence-electron chi connectivity index (χ1n) is 19.8. The third-order valence-corrected chi connectivity index (χ3v) is 12.0. The smallest absolute Gasteiger partial charge is 0.328 e. The molecular weight excluding hydrogens is 685 g/mol. The number of nitrogens with one attached hydrogen (secondary N) is 1. The summed E-state index contributed by atoms with van der Waals surface area (Å²) in [4.78, 5) is 26.4. The fourth-order valence-electron chi connectivity index (χ4n) is 8.29. The zero-order valence-corrected chi connectivity index (χ0v) is 31.4. The van der Waals surface area contributed by atoms with Crippen LogP contribution in [0.1, 0.15) is 74.9 Å². The quantitative estimate of drug-likeness (QED) is 0.149. The Hall–Kier alpha value is -5.52. The first-order chi connectivity index (χ1) is 26.8. The van der Waals surface area contributed by atoms with Gasteiger partial charge in [0.1, 0.15) is 5.82 Å². The normalized spacial score (nSPS) is 19.2. The summed E-state index contributed by atoms with van der Waals surface area (Å²) in [5.41, 5.74) is 22.1. The number of rotatable bonds is 8. The minimum atomic E-state index is -0.260. The van der Waals surface area contributed by atoms with E-state index in [2.05, 4.69) is 62.7 Å². The second-order valence-electron chi connectivity index (χ2n) is 15.9. The van der Waals surface area contributed by atoms with Gasteiger partial charge in [-0.25, -0.2) is 29.2 Å². The molecule has 55 heavy (non-hydrogen) atoms. The number of aromatic amines is 1. The highest BCUT2D eigenvalue weighted by Gasteiger charge is 2.34. The van der Waals surface area contributed by atoms with Crippen LogP contribution in [-0.2, 0) is 25.4 Å². The van der Waals surface area contributed by atoms with E-state index in [4.69, 9.17) is 21.4 Å². The van der Waals surface area contributed by atoms with E-state index in [0.717, 1.165) is 89.2 Å². The minimum absolute atomic E-state index is 0.184. The summed E-state index contributed by atoms with van der Waals surface area (Å²) in [6.45, 7) is 0. The van der Waals surface area contributed by atoms with Crippen LogP contribution in [0.15, 0.2) is 96.2 Å². The number of nitrogens with zero attached hydrogens (tertiary/aromatic N) is 7. The Labute approximate surface area is 320 Å². The second-order valence-corrected chi connectivity index (χ2v) is 15.9. The Morgan fingerprint density at radius 3 is 2.33 bits per heavy atom. The topological polar surface area (TPSA) is 159 Å². The van der Waals surface area contributed by atoms with E-state index < -0.39 is 0 Å². The van der Waals surface area contributed by atoms with E-state index in [9.17, 15) is 4.79 Å². The average molecular weight is 733 g/mol. The monoisotopic (exact) mass is 732 g/mol. The number of hydrogen-bond donors (Lipinski definition) is 3. The molecule has 0 amide bonds. The van der Waals surface area contributed by atoms with E-state index in [-0.39, 0.29) is 11.2 Å². The van der Waals surface area contributed by atoms with E-state index in [1.54, 1.807) is 6.20 Å². The molecule has 0 bridgehead atoms. The molecule has 0 spiro atoms. The Morgan fingerprint density at radius 1 is 0.855 bits per heavy atom. The summed E-state index contributed by atoms with van der Waals surface area (Å²) in [6, 6.07) is 25.0. The van der Waals surface area contributed by atoms with Gasteiger partial charge in [0.05, 0.1) is 23.1 Å². The standard InChI is InChI=1S/C25H21N5O.C19H27N5/c26-25(12-4-13-25)18-9-7-17(8-10-18)22-19(16-5-2-1-3-6-16)15-20-21(27-22)11-14-30-23(20)28-29-24(30)31;1-24-18(10-13-2-3-13)16(12-22-24)17-8-9-21-19(23-17)11-14-4-6-15(20)7-5-14/h1-3,5-11,14-15H,4,12-13,26H2,(H,29,31);8-9,12-15H,2-7,10-11,20H2,1H3. The molecule has 5 N–H and O–H groups in total. The molecule has 11 nitrogen and oxygen atoms in total. The summed E-state index contributed by atoms with van der Waals surface area (Å²) in [5.74, 6) is 2.49. The molecule has 5 heterocycles. The molecule has 0 atom stereocenters. The maximum Gasteiger partial charge on any atom is 0.347 e. The first-order valence-corrected chi connectivity index (χ1v) is 19.8. The molecule has 3 aliphatic rings. The molecule has 11 heteroatoms. The van der Waals surface area contributed by atoms with Crippen molar-refractivity contribution < 1.29 is 0 Å². The van der Waals surface area contributed by atoms with Gasteiger partial charge in [-0.15, -0.1) is 0 Å². The fourth-order valence-corrected chi connectivity index (χ4v) is 8.29. The zero-order chi connectivity index (χ0) is 37.5. The van der Waals surface area contributed by atoms with Crippen molar-refractivity contribution in [2.24, 2.45) is 30.4 Å². The molecular formula is C44H48N10O. The fraction of sp³-hybridized carbons (Fsp3) is 0.364. The molecule has 5 aromatic heterocycles. The molecule has 0 unspecified atom stereocenters.